The molecule has 3 rings (SSSR count). The molecule has 3 nitrogen and oxygen atoms in total. The number of amides is 1. The highest BCUT2D eigenvalue weighted by molar-refractivity contribution is 5.72. The molecule has 0 radical (unpaired) electrons. The average Bonchev–Trinajstić information content (AvgIpc) is 2.68. The summed E-state index contributed by atoms with van der Waals surface area (Å²) in [4.78, 5) is 13.1. The highest BCUT2D eigenvalue weighted by atomic mass is 16.6. The number of aryl methyl sites for hydroxylation is 1. The quantitative estimate of drug-likeness (QED) is 0.645. The smallest absolute Gasteiger partial charge is 0.410 e. The molecule has 0 N–H and O–H groups in total. The standard InChI is InChI=1S/C12H13NO2/c1-7-4-3-5-8-9(7)6-10-11(8)13(2)12(14)15-10/h3-5,10-11H,6H2,1-2H3. The van der Waals surface area contributed by atoms with Gasteiger partial charge in [-0.15, -0.1) is 0 Å². The van der Waals surface area contributed by atoms with Crippen molar-refractivity contribution in [3.8, 4) is 0 Å². The molecule has 1 aromatic rings. The van der Waals surface area contributed by atoms with Crippen LogP contribution in [0.25, 0.3) is 0 Å². The first-order chi connectivity index (χ1) is 7.18. The summed E-state index contributed by atoms with van der Waals surface area (Å²) < 4.78 is 5.32. The molecule has 2 unspecified atom stereocenters. The molecule has 3 heteroatoms. The minimum Gasteiger partial charge on any atom is -0.443 e. The molecule has 1 saturated heterocycles. The van der Waals surface area contributed by atoms with Crippen molar-refractivity contribution in [3.63, 3.8) is 0 Å². The van der Waals surface area contributed by atoms with Gasteiger partial charge in [-0.05, 0) is 23.6 Å². The lowest BCUT2D eigenvalue weighted by Crippen LogP contribution is -2.22. The predicted octanol–water partition coefficient (Wildman–Crippen LogP) is 2.04. The first-order valence-electron chi connectivity index (χ1n) is 5.20. The van der Waals surface area contributed by atoms with Crippen LogP contribution in [0, 0.1) is 6.92 Å². The van der Waals surface area contributed by atoms with Crippen LogP contribution in [0.1, 0.15) is 22.7 Å². The van der Waals surface area contributed by atoms with E-state index in [2.05, 4.69) is 19.1 Å². The largest absolute Gasteiger partial charge is 0.443 e. The van der Waals surface area contributed by atoms with E-state index >= 15 is 0 Å². The molecule has 1 heterocycles. The van der Waals surface area contributed by atoms with Gasteiger partial charge in [0.2, 0.25) is 0 Å². The summed E-state index contributed by atoms with van der Waals surface area (Å²) in [5.74, 6) is 0. The zero-order valence-electron chi connectivity index (χ0n) is 8.86. The van der Waals surface area contributed by atoms with Crippen molar-refractivity contribution < 1.29 is 9.53 Å². The van der Waals surface area contributed by atoms with Gasteiger partial charge < -0.3 is 9.64 Å². The summed E-state index contributed by atoms with van der Waals surface area (Å²) >= 11 is 0. The second-order valence-electron chi connectivity index (χ2n) is 4.32. The van der Waals surface area contributed by atoms with Crippen molar-refractivity contribution in [2.24, 2.45) is 0 Å². The summed E-state index contributed by atoms with van der Waals surface area (Å²) in [6.07, 6.45) is 0.693. The number of nitrogens with zero attached hydrogens (tertiary/aromatic N) is 1. The third kappa shape index (κ3) is 1.03. The van der Waals surface area contributed by atoms with Gasteiger partial charge in [-0.25, -0.2) is 4.79 Å². The van der Waals surface area contributed by atoms with Crippen LogP contribution in [0.4, 0.5) is 4.79 Å². The molecule has 0 aromatic heterocycles. The van der Waals surface area contributed by atoms with Gasteiger partial charge in [0.1, 0.15) is 6.10 Å². The summed E-state index contributed by atoms with van der Waals surface area (Å²) in [6, 6.07) is 6.40. The molecule has 0 spiro atoms. The maximum atomic E-state index is 11.4. The van der Waals surface area contributed by atoms with E-state index in [9.17, 15) is 4.79 Å². The van der Waals surface area contributed by atoms with E-state index in [-0.39, 0.29) is 18.2 Å². The van der Waals surface area contributed by atoms with Gasteiger partial charge in [-0.1, -0.05) is 18.2 Å². The van der Waals surface area contributed by atoms with E-state index in [4.69, 9.17) is 4.74 Å². The van der Waals surface area contributed by atoms with Crippen LogP contribution in [-0.4, -0.2) is 24.1 Å². The highest BCUT2D eigenvalue weighted by Gasteiger charge is 2.46. The summed E-state index contributed by atoms with van der Waals surface area (Å²) in [5, 5.41) is 0. The van der Waals surface area contributed by atoms with Crippen molar-refractivity contribution >= 4 is 6.09 Å². The van der Waals surface area contributed by atoms with Gasteiger partial charge in [-0.3, -0.25) is 0 Å². The Morgan fingerprint density at radius 1 is 1.47 bits per heavy atom. The minimum absolute atomic E-state index is 0.0265. The second-order valence-corrected chi connectivity index (χ2v) is 4.32. The number of hydrogen-bond acceptors (Lipinski definition) is 2. The molecule has 2 aliphatic rings. The molecule has 1 aliphatic heterocycles. The number of carbonyl (C=O) groups excluding carboxylic acids is 1. The molecular formula is C12H13NO2. The van der Waals surface area contributed by atoms with E-state index in [0.29, 0.717) is 0 Å². The fraction of sp³-hybridized carbons (Fsp3) is 0.417. The normalized spacial score (nSPS) is 27.6. The summed E-state index contributed by atoms with van der Waals surface area (Å²) in [5.41, 5.74) is 3.91. The lowest BCUT2D eigenvalue weighted by molar-refractivity contribution is 0.133. The number of rotatable bonds is 0. The molecule has 15 heavy (non-hydrogen) atoms. The van der Waals surface area contributed by atoms with Gasteiger partial charge in [0.25, 0.3) is 0 Å². The Kier molecular flexibility index (Phi) is 1.61. The van der Waals surface area contributed by atoms with Gasteiger partial charge >= 0.3 is 6.09 Å². The molecule has 2 atom stereocenters. The molecular weight excluding hydrogens is 190 g/mol. The SMILES string of the molecule is Cc1cccc2c1CC1OC(=O)N(C)C21. The zero-order chi connectivity index (χ0) is 10.6. The maximum Gasteiger partial charge on any atom is 0.410 e. The number of fused-ring (bicyclic) bond motifs is 3. The van der Waals surface area contributed by atoms with E-state index in [1.54, 1.807) is 4.90 Å². The van der Waals surface area contributed by atoms with Crippen molar-refractivity contribution in [3.05, 3.63) is 34.9 Å². The third-order valence-electron chi connectivity index (χ3n) is 3.48. The topological polar surface area (TPSA) is 29.5 Å². The van der Waals surface area contributed by atoms with Crippen molar-refractivity contribution in [2.45, 2.75) is 25.5 Å². The number of carbonyl (C=O) groups is 1. The Hall–Kier alpha value is -1.51. The van der Waals surface area contributed by atoms with Gasteiger partial charge in [-0.2, -0.15) is 0 Å². The van der Waals surface area contributed by atoms with Crippen LogP contribution in [0.15, 0.2) is 18.2 Å². The van der Waals surface area contributed by atoms with Crippen LogP contribution < -0.4 is 0 Å². The average molecular weight is 203 g/mol. The third-order valence-corrected chi connectivity index (χ3v) is 3.48. The van der Waals surface area contributed by atoms with Crippen LogP contribution in [0.5, 0.6) is 0 Å². The number of ether oxygens (including phenoxy) is 1. The van der Waals surface area contributed by atoms with Crippen LogP contribution >= 0.6 is 0 Å². The molecule has 1 aliphatic carbocycles. The zero-order valence-corrected chi connectivity index (χ0v) is 8.86. The Morgan fingerprint density at radius 2 is 2.27 bits per heavy atom. The summed E-state index contributed by atoms with van der Waals surface area (Å²) in [6.45, 7) is 2.11. The van der Waals surface area contributed by atoms with Crippen molar-refractivity contribution in [1.29, 1.82) is 0 Å². The summed E-state index contributed by atoms with van der Waals surface area (Å²) in [7, 11) is 1.81. The van der Waals surface area contributed by atoms with Gasteiger partial charge in [0, 0.05) is 13.5 Å². The number of benzene rings is 1. The molecule has 0 saturated carbocycles. The molecule has 1 fully saturated rings. The molecule has 1 amide bonds. The Balaban J connectivity index is 2.12. The Bertz CT molecular complexity index is 441. The highest BCUT2D eigenvalue weighted by Crippen LogP contribution is 2.42. The second kappa shape index (κ2) is 2.75. The van der Waals surface area contributed by atoms with Gasteiger partial charge in [0.15, 0.2) is 0 Å². The maximum absolute atomic E-state index is 11.4. The van der Waals surface area contributed by atoms with Crippen LogP contribution in [0.2, 0.25) is 0 Å². The van der Waals surface area contributed by atoms with Gasteiger partial charge in [0.05, 0.1) is 6.04 Å². The first kappa shape index (κ1) is 8.77. The molecule has 1 aromatic carbocycles. The number of hydrogen-bond donors (Lipinski definition) is 0. The van der Waals surface area contributed by atoms with Crippen LogP contribution in [-0.2, 0) is 11.2 Å². The Morgan fingerprint density at radius 3 is 3.07 bits per heavy atom. The first-order valence-corrected chi connectivity index (χ1v) is 5.20. The molecule has 78 valence electrons. The van der Waals surface area contributed by atoms with Crippen molar-refractivity contribution in [2.75, 3.05) is 7.05 Å². The van der Waals surface area contributed by atoms with E-state index < -0.39 is 0 Å². The lowest BCUT2D eigenvalue weighted by Gasteiger charge is -2.16. The van der Waals surface area contributed by atoms with E-state index in [1.165, 1.54) is 16.7 Å². The van der Waals surface area contributed by atoms with Crippen molar-refractivity contribution in [1.82, 2.24) is 4.90 Å². The van der Waals surface area contributed by atoms with Crippen LogP contribution in [0.3, 0.4) is 0 Å². The Labute approximate surface area is 88.6 Å². The fourth-order valence-electron chi connectivity index (χ4n) is 2.68. The van der Waals surface area contributed by atoms with E-state index in [1.807, 2.05) is 13.1 Å². The predicted molar refractivity (Wildman–Crippen MR) is 55.7 cm³/mol. The minimum atomic E-state index is -0.197. The fourth-order valence-corrected chi connectivity index (χ4v) is 2.68. The number of likely N-dealkylation sites (N-methyl/N-ethyl adjacent to an activating group) is 1. The van der Waals surface area contributed by atoms with E-state index in [0.717, 1.165) is 6.42 Å². The molecule has 0 bridgehead atoms. The monoisotopic (exact) mass is 203 g/mol. The lowest BCUT2D eigenvalue weighted by atomic mass is 10.0.